The SMILES string of the molecule is CC(C)C[C@H](NC(=O)N1CCCC1C)C(=O)NCC#N. The zero-order valence-electron chi connectivity index (χ0n) is 12.5. The van der Waals surface area contributed by atoms with Crippen molar-refractivity contribution in [3.8, 4) is 6.07 Å². The van der Waals surface area contributed by atoms with Crippen LogP contribution in [-0.4, -0.2) is 42.0 Å². The Morgan fingerprint density at radius 2 is 2.15 bits per heavy atom. The number of hydrogen-bond acceptors (Lipinski definition) is 3. The first-order valence-corrected chi connectivity index (χ1v) is 7.17. The van der Waals surface area contributed by atoms with E-state index in [1.165, 1.54) is 0 Å². The van der Waals surface area contributed by atoms with Crippen molar-refractivity contribution in [3.63, 3.8) is 0 Å². The molecule has 2 N–H and O–H groups in total. The number of carbonyl (C=O) groups excluding carboxylic acids is 2. The molecule has 1 aliphatic heterocycles. The zero-order valence-corrected chi connectivity index (χ0v) is 12.5. The van der Waals surface area contributed by atoms with Crippen LogP contribution in [0.25, 0.3) is 0 Å². The predicted molar refractivity (Wildman–Crippen MR) is 75.8 cm³/mol. The summed E-state index contributed by atoms with van der Waals surface area (Å²) >= 11 is 0. The van der Waals surface area contributed by atoms with Gasteiger partial charge in [-0.05, 0) is 32.1 Å². The third kappa shape index (κ3) is 4.72. The van der Waals surface area contributed by atoms with Crippen molar-refractivity contribution >= 4 is 11.9 Å². The van der Waals surface area contributed by atoms with Gasteiger partial charge in [0.1, 0.15) is 12.6 Å². The lowest BCUT2D eigenvalue weighted by Crippen LogP contribution is -2.52. The predicted octanol–water partition coefficient (Wildman–Crippen LogP) is 1.23. The van der Waals surface area contributed by atoms with Crippen LogP contribution in [0.1, 0.15) is 40.0 Å². The molecular weight excluding hydrogens is 256 g/mol. The molecule has 20 heavy (non-hydrogen) atoms. The molecule has 1 fully saturated rings. The zero-order chi connectivity index (χ0) is 15.1. The fraction of sp³-hybridized carbons (Fsp3) is 0.786. The van der Waals surface area contributed by atoms with Crippen LogP contribution < -0.4 is 10.6 Å². The average molecular weight is 280 g/mol. The Bertz CT molecular complexity index is 389. The molecule has 0 aromatic rings. The van der Waals surface area contributed by atoms with E-state index in [-0.39, 0.29) is 30.4 Å². The molecule has 1 unspecified atom stereocenters. The van der Waals surface area contributed by atoms with Crippen molar-refractivity contribution < 1.29 is 9.59 Å². The summed E-state index contributed by atoms with van der Waals surface area (Å²) in [6.07, 6.45) is 2.57. The number of likely N-dealkylation sites (tertiary alicyclic amines) is 1. The maximum absolute atomic E-state index is 12.2. The van der Waals surface area contributed by atoms with Crippen LogP contribution in [-0.2, 0) is 4.79 Å². The van der Waals surface area contributed by atoms with Gasteiger partial charge in [0.15, 0.2) is 0 Å². The topological polar surface area (TPSA) is 85.2 Å². The fourth-order valence-electron chi connectivity index (χ4n) is 2.42. The summed E-state index contributed by atoms with van der Waals surface area (Å²) < 4.78 is 0. The van der Waals surface area contributed by atoms with Gasteiger partial charge in [-0.3, -0.25) is 4.79 Å². The molecule has 0 aliphatic carbocycles. The highest BCUT2D eigenvalue weighted by atomic mass is 16.2. The second kappa shape index (κ2) is 7.73. The molecule has 0 saturated carbocycles. The highest BCUT2D eigenvalue weighted by molar-refractivity contribution is 5.87. The molecule has 1 aliphatic rings. The molecule has 3 amide bonds. The van der Waals surface area contributed by atoms with Crippen molar-refractivity contribution in [2.75, 3.05) is 13.1 Å². The molecular formula is C14H24N4O2. The maximum atomic E-state index is 12.2. The van der Waals surface area contributed by atoms with Crippen molar-refractivity contribution in [3.05, 3.63) is 0 Å². The minimum absolute atomic E-state index is 0.0383. The molecule has 0 spiro atoms. The maximum Gasteiger partial charge on any atom is 0.318 e. The van der Waals surface area contributed by atoms with E-state index in [9.17, 15) is 9.59 Å². The van der Waals surface area contributed by atoms with Crippen molar-refractivity contribution in [1.29, 1.82) is 5.26 Å². The Morgan fingerprint density at radius 1 is 1.45 bits per heavy atom. The molecule has 0 radical (unpaired) electrons. The largest absolute Gasteiger partial charge is 0.341 e. The monoisotopic (exact) mass is 280 g/mol. The molecule has 0 bridgehead atoms. The van der Waals surface area contributed by atoms with Gasteiger partial charge < -0.3 is 15.5 Å². The van der Waals surface area contributed by atoms with Crippen LogP contribution in [0.2, 0.25) is 0 Å². The van der Waals surface area contributed by atoms with Gasteiger partial charge in [-0.1, -0.05) is 13.8 Å². The second-order valence-corrected chi connectivity index (χ2v) is 5.69. The second-order valence-electron chi connectivity index (χ2n) is 5.69. The van der Waals surface area contributed by atoms with Crippen LogP contribution in [0.3, 0.4) is 0 Å². The molecule has 6 nitrogen and oxygen atoms in total. The van der Waals surface area contributed by atoms with Crippen LogP contribution in [0.5, 0.6) is 0 Å². The molecule has 2 atom stereocenters. The van der Waals surface area contributed by atoms with Gasteiger partial charge in [-0.2, -0.15) is 5.26 Å². The summed E-state index contributed by atoms with van der Waals surface area (Å²) in [6, 6.07) is 1.32. The summed E-state index contributed by atoms with van der Waals surface area (Å²) in [5, 5.41) is 13.8. The van der Waals surface area contributed by atoms with E-state index in [4.69, 9.17) is 5.26 Å². The summed E-state index contributed by atoms with van der Waals surface area (Å²) in [6.45, 7) is 6.70. The first-order valence-electron chi connectivity index (χ1n) is 7.17. The first kappa shape index (κ1) is 16.3. The Labute approximate surface area is 120 Å². The Hall–Kier alpha value is -1.77. The number of urea groups is 1. The minimum Gasteiger partial charge on any atom is -0.341 e. The highest BCUT2D eigenvalue weighted by Crippen LogP contribution is 2.16. The van der Waals surface area contributed by atoms with Crippen LogP contribution in [0.15, 0.2) is 0 Å². The van der Waals surface area contributed by atoms with Crippen LogP contribution in [0, 0.1) is 17.2 Å². The number of nitrogens with one attached hydrogen (secondary N) is 2. The van der Waals surface area contributed by atoms with E-state index in [2.05, 4.69) is 10.6 Å². The van der Waals surface area contributed by atoms with E-state index in [0.29, 0.717) is 6.42 Å². The van der Waals surface area contributed by atoms with E-state index >= 15 is 0 Å². The number of carbonyl (C=O) groups is 2. The minimum atomic E-state index is -0.580. The van der Waals surface area contributed by atoms with Gasteiger partial charge in [0.2, 0.25) is 5.91 Å². The fourth-order valence-corrected chi connectivity index (χ4v) is 2.42. The Morgan fingerprint density at radius 3 is 2.65 bits per heavy atom. The number of hydrogen-bond donors (Lipinski definition) is 2. The third-order valence-corrected chi connectivity index (χ3v) is 3.48. The van der Waals surface area contributed by atoms with Gasteiger partial charge in [0.25, 0.3) is 0 Å². The molecule has 1 heterocycles. The first-order chi connectivity index (χ1) is 9.45. The van der Waals surface area contributed by atoms with E-state index < -0.39 is 6.04 Å². The number of nitrogens with zero attached hydrogens (tertiary/aromatic N) is 2. The standard InChI is InChI=1S/C14H24N4O2/c1-10(2)9-12(13(19)16-7-6-15)17-14(20)18-8-4-5-11(18)3/h10-12H,4-5,7-9H2,1-3H3,(H,16,19)(H,17,20)/t11?,12-/m0/s1. The third-order valence-electron chi connectivity index (χ3n) is 3.48. The van der Waals surface area contributed by atoms with Crippen molar-refractivity contribution in [2.24, 2.45) is 5.92 Å². The molecule has 1 saturated heterocycles. The summed E-state index contributed by atoms with van der Waals surface area (Å²) in [5.41, 5.74) is 0. The van der Waals surface area contributed by atoms with E-state index in [1.807, 2.05) is 26.8 Å². The summed E-state index contributed by atoms with van der Waals surface area (Å²) in [5.74, 6) is -0.00964. The quantitative estimate of drug-likeness (QED) is 0.743. The lowest BCUT2D eigenvalue weighted by molar-refractivity contribution is -0.123. The van der Waals surface area contributed by atoms with Gasteiger partial charge in [0.05, 0.1) is 6.07 Å². The molecule has 0 aromatic carbocycles. The normalized spacial score (nSPS) is 19.6. The Kier molecular flexibility index (Phi) is 6.29. The summed E-state index contributed by atoms with van der Waals surface area (Å²) in [4.78, 5) is 25.9. The summed E-state index contributed by atoms with van der Waals surface area (Å²) in [7, 11) is 0. The van der Waals surface area contributed by atoms with Crippen molar-refractivity contribution in [1.82, 2.24) is 15.5 Å². The van der Waals surface area contributed by atoms with E-state index in [0.717, 1.165) is 19.4 Å². The van der Waals surface area contributed by atoms with Gasteiger partial charge >= 0.3 is 6.03 Å². The van der Waals surface area contributed by atoms with Gasteiger partial charge in [-0.15, -0.1) is 0 Å². The van der Waals surface area contributed by atoms with Crippen molar-refractivity contribution in [2.45, 2.75) is 52.1 Å². The number of amides is 3. The number of rotatable bonds is 5. The lowest BCUT2D eigenvalue weighted by Gasteiger charge is -2.26. The van der Waals surface area contributed by atoms with Gasteiger partial charge in [-0.25, -0.2) is 4.79 Å². The molecule has 0 aromatic heterocycles. The molecule has 112 valence electrons. The average Bonchev–Trinajstić information content (AvgIpc) is 2.80. The van der Waals surface area contributed by atoms with Crippen LogP contribution >= 0.6 is 0 Å². The molecule has 1 rings (SSSR count). The number of nitriles is 1. The highest BCUT2D eigenvalue weighted by Gasteiger charge is 2.29. The Balaban J connectivity index is 2.61. The van der Waals surface area contributed by atoms with Crippen LogP contribution in [0.4, 0.5) is 4.79 Å². The lowest BCUT2D eigenvalue weighted by atomic mass is 10.0. The van der Waals surface area contributed by atoms with Gasteiger partial charge in [0, 0.05) is 12.6 Å². The smallest absolute Gasteiger partial charge is 0.318 e. The van der Waals surface area contributed by atoms with E-state index in [1.54, 1.807) is 4.90 Å². The molecule has 6 heteroatoms.